The van der Waals surface area contributed by atoms with Crippen molar-refractivity contribution in [2.75, 3.05) is 46.0 Å². The molecule has 1 aromatic rings. The Morgan fingerprint density at radius 1 is 1.18 bits per heavy atom. The molecule has 1 spiro atoms. The second-order valence-corrected chi connectivity index (χ2v) is 8.50. The number of aliphatic carboxylic acids is 1. The van der Waals surface area contributed by atoms with Gasteiger partial charge >= 0.3 is 12.1 Å². The molecular formula is C20H27F5N4O5. The molecule has 3 aliphatic heterocycles. The number of aryl methyl sites for hydroxylation is 1. The van der Waals surface area contributed by atoms with Crippen LogP contribution in [0.3, 0.4) is 0 Å². The van der Waals surface area contributed by atoms with Gasteiger partial charge in [0.25, 0.3) is 12.3 Å². The zero-order valence-corrected chi connectivity index (χ0v) is 18.6. The third-order valence-corrected chi connectivity index (χ3v) is 6.25. The van der Waals surface area contributed by atoms with Gasteiger partial charge in [0, 0.05) is 45.5 Å². The molecule has 0 aromatic carbocycles. The summed E-state index contributed by atoms with van der Waals surface area (Å²) in [4.78, 5) is 25.7. The first-order chi connectivity index (χ1) is 15.9. The molecule has 9 nitrogen and oxygen atoms in total. The summed E-state index contributed by atoms with van der Waals surface area (Å²) in [6, 6.07) is 0.403. The van der Waals surface area contributed by atoms with E-state index < -0.39 is 24.3 Å². The topological polar surface area (TPSA) is 97.1 Å². The standard InChI is InChI=1S/C18H26F2N4O3.C2HF3O2/c1-22-11-14(15(21-22)16(19)20)17(25)24-4-2-18(3-5-24)10-13(12-27-18)23-6-8-26-9-7-23;3-2(4,5)1(6)7/h11,13,16H,2-10,12H2,1H3;(H,6,7). The maximum atomic E-state index is 13.1. The lowest BCUT2D eigenvalue weighted by atomic mass is 9.86. The molecule has 1 unspecified atom stereocenters. The molecule has 0 radical (unpaired) electrons. The predicted molar refractivity (Wildman–Crippen MR) is 106 cm³/mol. The Kier molecular flexibility index (Phi) is 8.14. The van der Waals surface area contributed by atoms with Gasteiger partial charge in [-0.15, -0.1) is 0 Å². The Hall–Kier alpha value is -2.32. The number of morpholine rings is 1. The first-order valence-electron chi connectivity index (χ1n) is 10.8. The summed E-state index contributed by atoms with van der Waals surface area (Å²) in [6.07, 6.45) is -4.01. The van der Waals surface area contributed by atoms with Crippen LogP contribution in [0.15, 0.2) is 6.20 Å². The number of carbonyl (C=O) groups is 2. The number of hydrogen-bond donors (Lipinski definition) is 1. The molecule has 14 heteroatoms. The van der Waals surface area contributed by atoms with Crippen molar-refractivity contribution in [2.24, 2.45) is 7.05 Å². The van der Waals surface area contributed by atoms with E-state index in [9.17, 15) is 26.7 Å². The van der Waals surface area contributed by atoms with Crippen LogP contribution in [0, 0.1) is 0 Å². The quantitative estimate of drug-likeness (QED) is 0.638. The van der Waals surface area contributed by atoms with Crippen LogP contribution in [0.5, 0.6) is 0 Å². The second-order valence-electron chi connectivity index (χ2n) is 8.50. The molecule has 1 atom stereocenters. The van der Waals surface area contributed by atoms with Gasteiger partial charge in [0.15, 0.2) is 0 Å². The summed E-state index contributed by atoms with van der Waals surface area (Å²) < 4.78 is 70.9. The van der Waals surface area contributed by atoms with Crippen LogP contribution in [0.25, 0.3) is 0 Å². The highest BCUT2D eigenvalue weighted by molar-refractivity contribution is 5.95. The van der Waals surface area contributed by atoms with Crippen LogP contribution in [0.4, 0.5) is 22.0 Å². The van der Waals surface area contributed by atoms with Gasteiger partial charge in [-0.05, 0) is 19.3 Å². The smallest absolute Gasteiger partial charge is 0.475 e. The molecule has 4 heterocycles. The molecule has 34 heavy (non-hydrogen) atoms. The number of carbonyl (C=O) groups excluding carboxylic acids is 1. The Bertz CT molecular complexity index is 864. The molecule has 0 bridgehead atoms. The van der Waals surface area contributed by atoms with Gasteiger partial charge in [-0.1, -0.05) is 0 Å². The maximum Gasteiger partial charge on any atom is 0.490 e. The number of hydrogen-bond acceptors (Lipinski definition) is 6. The van der Waals surface area contributed by atoms with Gasteiger partial charge in [0.1, 0.15) is 5.69 Å². The fourth-order valence-corrected chi connectivity index (χ4v) is 4.47. The lowest BCUT2D eigenvalue weighted by molar-refractivity contribution is -0.192. The van der Waals surface area contributed by atoms with Crippen molar-refractivity contribution < 1.29 is 46.1 Å². The lowest BCUT2D eigenvalue weighted by Gasteiger charge is -2.39. The van der Waals surface area contributed by atoms with Gasteiger partial charge in [0.2, 0.25) is 0 Å². The normalized spacial score (nSPS) is 23.1. The van der Waals surface area contributed by atoms with E-state index in [1.807, 2.05) is 0 Å². The summed E-state index contributed by atoms with van der Waals surface area (Å²) in [5, 5.41) is 10.9. The molecule has 3 saturated heterocycles. The number of amides is 1. The fourth-order valence-electron chi connectivity index (χ4n) is 4.47. The summed E-state index contributed by atoms with van der Waals surface area (Å²) >= 11 is 0. The van der Waals surface area contributed by atoms with E-state index in [2.05, 4.69) is 10.00 Å². The maximum absolute atomic E-state index is 13.1. The number of carboxylic acid groups (broad SMARTS) is 1. The van der Waals surface area contributed by atoms with E-state index in [-0.39, 0.29) is 17.1 Å². The number of rotatable bonds is 3. The minimum Gasteiger partial charge on any atom is -0.475 e. The van der Waals surface area contributed by atoms with Crippen LogP contribution in [0.1, 0.15) is 41.7 Å². The molecule has 192 valence electrons. The molecule has 0 saturated carbocycles. The summed E-state index contributed by atoms with van der Waals surface area (Å²) in [7, 11) is 1.55. The average Bonchev–Trinajstić information content (AvgIpc) is 3.38. The number of nitrogens with zero attached hydrogens (tertiary/aromatic N) is 4. The number of ether oxygens (including phenoxy) is 2. The van der Waals surface area contributed by atoms with E-state index in [4.69, 9.17) is 19.4 Å². The van der Waals surface area contributed by atoms with E-state index in [0.717, 1.165) is 45.6 Å². The highest BCUT2D eigenvalue weighted by Crippen LogP contribution is 2.38. The van der Waals surface area contributed by atoms with E-state index in [0.29, 0.717) is 25.7 Å². The third-order valence-electron chi connectivity index (χ3n) is 6.25. The van der Waals surface area contributed by atoms with E-state index in [1.54, 1.807) is 11.9 Å². The minimum atomic E-state index is -5.08. The first kappa shape index (κ1) is 26.3. The largest absolute Gasteiger partial charge is 0.490 e. The zero-order chi connectivity index (χ0) is 25.1. The molecule has 1 aromatic heterocycles. The number of alkyl halides is 5. The fraction of sp³-hybridized carbons (Fsp3) is 0.750. The second kappa shape index (κ2) is 10.5. The van der Waals surface area contributed by atoms with Crippen molar-refractivity contribution in [3.05, 3.63) is 17.5 Å². The van der Waals surface area contributed by atoms with Crippen molar-refractivity contribution in [1.82, 2.24) is 19.6 Å². The Balaban J connectivity index is 0.000000406. The molecule has 1 N–H and O–H groups in total. The van der Waals surface area contributed by atoms with Gasteiger partial charge in [0.05, 0.1) is 31.0 Å². The van der Waals surface area contributed by atoms with Gasteiger partial charge in [-0.3, -0.25) is 14.4 Å². The highest BCUT2D eigenvalue weighted by Gasteiger charge is 2.45. The lowest BCUT2D eigenvalue weighted by Crippen LogP contribution is -2.48. The van der Waals surface area contributed by atoms with E-state index in [1.165, 1.54) is 10.9 Å². The Morgan fingerprint density at radius 3 is 2.29 bits per heavy atom. The van der Waals surface area contributed by atoms with Crippen LogP contribution in [-0.4, -0.2) is 100 Å². The third kappa shape index (κ3) is 6.21. The first-order valence-corrected chi connectivity index (χ1v) is 10.8. The number of likely N-dealkylation sites (tertiary alicyclic amines) is 1. The molecular weight excluding hydrogens is 471 g/mol. The average molecular weight is 498 g/mol. The minimum absolute atomic E-state index is 0.00184. The van der Waals surface area contributed by atoms with Crippen molar-refractivity contribution in [2.45, 2.75) is 43.5 Å². The Labute approximate surface area is 192 Å². The Morgan fingerprint density at radius 2 is 1.76 bits per heavy atom. The van der Waals surface area contributed by atoms with Crippen molar-refractivity contribution in [3.8, 4) is 0 Å². The molecule has 4 rings (SSSR count). The molecule has 0 aliphatic carbocycles. The summed E-state index contributed by atoms with van der Waals surface area (Å²) in [6.45, 7) is 5.16. The van der Waals surface area contributed by atoms with Gasteiger partial charge in [-0.25, -0.2) is 13.6 Å². The van der Waals surface area contributed by atoms with E-state index >= 15 is 0 Å². The van der Waals surface area contributed by atoms with Crippen LogP contribution in [-0.2, 0) is 21.3 Å². The molecule has 3 aliphatic rings. The van der Waals surface area contributed by atoms with Crippen LogP contribution < -0.4 is 0 Å². The van der Waals surface area contributed by atoms with Crippen molar-refractivity contribution in [3.63, 3.8) is 0 Å². The summed E-state index contributed by atoms with van der Waals surface area (Å²) in [5.74, 6) is -3.12. The highest BCUT2D eigenvalue weighted by atomic mass is 19.4. The van der Waals surface area contributed by atoms with Crippen molar-refractivity contribution in [1.29, 1.82) is 0 Å². The SMILES string of the molecule is Cn1cc(C(=O)N2CCC3(CC2)CC(N2CCOCC2)CO3)c(C(F)F)n1.O=C(O)C(F)(F)F. The van der Waals surface area contributed by atoms with Gasteiger partial charge < -0.3 is 19.5 Å². The number of piperidine rings is 1. The summed E-state index contributed by atoms with van der Waals surface area (Å²) in [5.41, 5.74) is -0.630. The molecule has 3 fully saturated rings. The number of halogens is 5. The van der Waals surface area contributed by atoms with Crippen molar-refractivity contribution >= 4 is 11.9 Å². The zero-order valence-electron chi connectivity index (χ0n) is 18.6. The van der Waals surface area contributed by atoms with Gasteiger partial charge in [-0.2, -0.15) is 18.3 Å². The van der Waals surface area contributed by atoms with Crippen LogP contribution >= 0.6 is 0 Å². The number of carboxylic acids is 1. The monoisotopic (exact) mass is 498 g/mol. The number of aromatic nitrogens is 2. The predicted octanol–water partition coefficient (Wildman–Crippen LogP) is 2.09. The van der Waals surface area contributed by atoms with Crippen LogP contribution in [0.2, 0.25) is 0 Å². The molecule has 1 amide bonds.